The van der Waals surface area contributed by atoms with Crippen LogP contribution in [-0.4, -0.2) is 22.0 Å². The normalized spacial score (nSPS) is 14.1. The number of hydrogen-bond acceptors (Lipinski definition) is 3. The molecule has 0 radical (unpaired) electrons. The lowest BCUT2D eigenvalue weighted by Gasteiger charge is -2.22. The molecule has 1 rings (SSSR count). The van der Waals surface area contributed by atoms with E-state index < -0.39 is 6.10 Å². The minimum absolute atomic E-state index is 0.214. The summed E-state index contributed by atoms with van der Waals surface area (Å²) >= 11 is 0. The van der Waals surface area contributed by atoms with Crippen molar-refractivity contribution in [3.8, 4) is 0 Å². The summed E-state index contributed by atoms with van der Waals surface area (Å²) in [5.41, 5.74) is 1.71. The molecule has 0 bridgehead atoms. The van der Waals surface area contributed by atoms with Crippen LogP contribution in [0.3, 0.4) is 0 Å². The molecule has 4 heteroatoms. The molecule has 0 saturated carbocycles. The molecule has 0 aliphatic heterocycles. The summed E-state index contributed by atoms with van der Waals surface area (Å²) in [6, 6.07) is 1.91. The number of aryl methyl sites for hydroxylation is 1. The fourth-order valence-electron chi connectivity index (χ4n) is 1.67. The predicted molar refractivity (Wildman–Crippen MR) is 74.2 cm³/mol. The van der Waals surface area contributed by atoms with Crippen molar-refractivity contribution in [1.29, 1.82) is 0 Å². The van der Waals surface area contributed by atoms with Crippen LogP contribution in [0.25, 0.3) is 0 Å². The molecule has 18 heavy (non-hydrogen) atoms. The molecule has 1 heterocycles. The Labute approximate surface area is 111 Å². The van der Waals surface area contributed by atoms with E-state index in [2.05, 4.69) is 25.9 Å². The van der Waals surface area contributed by atoms with Crippen molar-refractivity contribution in [2.45, 2.75) is 47.3 Å². The number of aliphatic hydroxyl groups excluding tert-OH is 1. The van der Waals surface area contributed by atoms with Crippen molar-refractivity contribution >= 4 is 0 Å². The van der Waals surface area contributed by atoms with Gasteiger partial charge in [-0.3, -0.25) is 4.68 Å². The van der Waals surface area contributed by atoms with Crippen LogP contribution in [0.4, 0.5) is 0 Å². The second-order valence-corrected chi connectivity index (χ2v) is 4.67. The third-order valence-corrected chi connectivity index (χ3v) is 3.11. The maximum absolute atomic E-state index is 10.2. The number of aromatic nitrogens is 2. The Bertz CT molecular complexity index is 335. The van der Waals surface area contributed by atoms with E-state index in [0.29, 0.717) is 12.5 Å². The zero-order chi connectivity index (χ0) is 14.3. The summed E-state index contributed by atoms with van der Waals surface area (Å²) < 4.78 is 6.76. The molecule has 0 amide bonds. The van der Waals surface area contributed by atoms with Crippen molar-refractivity contribution in [3.63, 3.8) is 0 Å². The molecule has 1 aromatic rings. The monoisotopic (exact) mass is 256 g/mol. The quantitative estimate of drug-likeness (QED) is 0.881. The summed E-state index contributed by atoms with van der Waals surface area (Å²) in [5.74, 6) is 0.654. The van der Waals surface area contributed by atoms with E-state index in [-0.39, 0.29) is 5.92 Å². The lowest BCUT2D eigenvalue weighted by Crippen LogP contribution is -2.17. The fraction of sp³-hybridized carbons (Fsp3) is 0.786. The average molecular weight is 256 g/mol. The van der Waals surface area contributed by atoms with Gasteiger partial charge >= 0.3 is 0 Å². The minimum atomic E-state index is -0.469. The van der Waals surface area contributed by atoms with Crippen molar-refractivity contribution in [3.05, 3.63) is 17.5 Å². The van der Waals surface area contributed by atoms with E-state index in [4.69, 9.17) is 4.74 Å². The molecule has 0 aliphatic rings. The molecule has 0 fully saturated rings. The molecular weight excluding hydrogens is 228 g/mol. The number of aliphatic hydroxyl groups is 1. The first-order chi connectivity index (χ1) is 8.47. The summed E-state index contributed by atoms with van der Waals surface area (Å²) in [6.45, 7) is 10.8. The van der Waals surface area contributed by atoms with Gasteiger partial charge in [-0.15, -0.1) is 0 Å². The van der Waals surface area contributed by atoms with Gasteiger partial charge in [-0.2, -0.15) is 5.10 Å². The van der Waals surface area contributed by atoms with Gasteiger partial charge in [0.25, 0.3) is 0 Å². The van der Waals surface area contributed by atoms with E-state index in [1.165, 1.54) is 0 Å². The Hall–Kier alpha value is -0.870. The summed E-state index contributed by atoms with van der Waals surface area (Å²) in [4.78, 5) is 0. The van der Waals surface area contributed by atoms with Crippen LogP contribution in [0.1, 0.15) is 52.1 Å². The zero-order valence-corrected chi connectivity index (χ0v) is 12.8. The summed E-state index contributed by atoms with van der Waals surface area (Å²) in [6.07, 6.45) is -0.469. The number of nitrogens with zero attached hydrogens (tertiary/aromatic N) is 2. The number of hydrogen-bond donors (Lipinski definition) is 1. The molecule has 1 aromatic heterocycles. The molecule has 2 atom stereocenters. The van der Waals surface area contributed by atoms with Gasteiger partial charge in [0.15, 0.2) is 0 Å². The molecular formula is C14H28N2O2. The van der Waals surface area contributed by atoms with E-state index in [0.717, 1.165) is 11.4 Å². The lowest BCUT2D eigenvalue weighted by molar-refractivity contribution is 0.0846. The molecule has 0 saturated heterocycles. The average Bonchev–Trinajstić information content (AvgIpc) is 2.71. The smallest absolute Gasteiger partial charge is 0.0984 e. The second kappa shape index (κ2) is 8.27. The topological polar surface area (TPSA) is 47.3 Å². The van der Waals surface area contributed by atoms with Crippen molar-refractivity contribution < 1.29 is 9.84 Å². The van der Waals surface area contributed by atoms with Crippen molar-refractivity contribution in [2.24, 2.45) is 18.9 Å². The fourth-order valence-corrected chi connectivity index (χ4v) is 1.67. The molecule has 0 spiro atoms. The van der Waals surface area contributed by atoms with Gasteiger partial charge in [0.05, 0.1) is 24.1 Å². The standard InChI is InChI=1S/C12H22N2O2.C2H6/c1-8(2)9(3)12(15)11-6-10(7-16-5)13-14(11)4;1-2/h6,8-9,12,15H,7H2,1-5H3;1-2H3. The van der Waals surface area contributed by atoms with Gasteiger partial charge in [-0.1, -0.05) is 34.6 Å². The van der Waals surface area contributed by atoms with E-state index in [9.17, 15) is 5.11 Å². The van der Waals surface area contributed by atoms with Crippen LogP contribution in [0.2, 0.25) is 0 Å². The highest BCUT2D eigenvalue weighted by atomic mass is 16.5. The number of rotatable bonds is 5. The van der Waals surface area contributed by atoms with E-state index in [1.54, 1.807) is 11.8 Å². The second-order valence-electron chi connectivity index (χ2n) is 4.67. The Balaban J connectivity index is 0.00000137. The maximum Gasteiger partial charge on any atom is 0.0984 e. The van der Waals surface area contributed by atoms with Crippen LogP contribution >= 0.6 is 0 Å². The Morgan fingerprint density at radius 2 is 1.89 bits per heavy atom. The largest absolute Gasteiger partial charge is 0.387 e. The van der Waals surface area contributed by atoms with Crippen LogP contribution in [0.5, 0.6) is 0 Å². The van der Waals surface area contributed by atoms with Crippen LogP contribution in [0.15, 0.2) is 6.07 Å². The van der Waals surface area contributed by atoms with Gasteiger partial charge in [0.1, 0.15) is 0 Å². The third kappa shape index (κ3) is 4.42. The Kier molecular flexibility index (Phi) is 7.87. The number of methoxy groups -OCH3 is 1. The highest BCUT2D eigenvalue weighted by Crippen LogP contribution is 2.27. The highest BCUT2D eigenvalue weighted by molar-refractivity contribution is 5.13. The van der Waals surface area contributed by atoms with E-state index in [1.807, 2.05) is 27.0 Å². The Morgan fingerprint density at radius 3 is 2.33 bits per heavy atom. The van der Waals surface area contributed by atoms with Crippen molar-refractivity contribution in [2.75, 3.05) is 7.11 Å². The Morgan fingerprint density at radius 1 is 1.33 bits per heavy atom. The minimum Gasteiger partial charge on any atom is -0.387 e. The molecule has 106 valence electrons. The van der Waals surface area contributed by atoms with Crippen LogP contribution in [-0.2, 0) is 18.4 Å². The zero-order valence-electron chi connectivity index (χ0n) is 12.8. The first kappa shape index (κ1) is 17.1. The SMILES string of the molecule is CC.COCc1cc(C(O)C(C)C(C)C)n(C)n1. The lowest BCUT2D eigenvalue weighted by atomic mass is 9.90. The van der Waals surface area contributed by atoms with Crippen LogP contribution in [0, 0.1) is 11.8 Å². The predicted octanol–water partition coefficient (Wildman–Crippen LogP) is 2.92. The van der Waals surface area contributed by atoms with Gasteiger partial charge in [-0.25, -0.2) is 0 Å². The first-order valence-corrected chi connectivity index (χ1v) is 6.67. The van der Waals surface area contributed by atoms with Gasteiger partial charge < -0.3 is 9.84 Å². The van der Waals surface area contributed by atoms with Crippen molar-refractivity contribution in [1.82, 2.24) is 9.78 Å². The number of ether oxygens (including phenoxy) is 1. The van der Waals surface area contributed by atoms with Gasteiger partial charge in [0.2, 0.25) is 0 Å². The van der Waals surface area contributed by atoms with Gasteiger partial charge in [-0.05, 0) is 17.9 Å². The third-order valence-electron chi connectivity index (χ3n) is 3.11. The summed E-state index contributed by atoms with van der Waals surface area (Å²) in [7, 11) is 3.49. The summed E-state index contributed by atoms with van der Waals surface area (Å²) in [5, 5.41) is 14.5. The molecule has 0 aromatic carbocycles. The maximum atomic E-state index is 10.2. The van der Waals surface area contributed by atoms with Crippen LogP contribution < -0.4 is 0 Å². The van der Waals surface area contributed by atoms with Gasteiger partial charge in [0, 0.05) is 14.2 Å². The molecule has 4 nitrogen and oxygen atoms in total. The van der Waals surface area contributed by atoms with E-state index >= 15 is 0 Å². The highest BCUT2D eigenvalue weighted by Gasteiger charge is 2.22. The molecule has 1 N–H and O–H groups in total. The molecule has 0 aliphatic carbocycles. The molecule has 2 unspecified atom stereocenters. The first-order valence-electron chi connectivity index (χ1n) is 6.67.